The molecule has 0 spiro atoms. The Bertz CT molecular complexity index is 778. The van der Waals surface area contributed by atoms with Crippen molar-refractivity contribution < 1.29 is 9.47 Å². The van der Waals surface area contributed by atoms with Gasteiger partial charge in [-0.05, 0) is 24.3 Å². The van der Waals surface area contributed by atoms with Crippen LogP contribution >= 0.6 is 0 Å². The minimum atomic E-state index is 0.0859. The molecule has 4 heteroatoms. The number of para-hydroxylation sites is 2. The van der Waals surface area contributed by atoms with Gasteiger partial charge in [0, 0.05) is 24.4 Å². The zero-order valence-electron chi connectivity index (χ0n) is 12.6. The Morgan fingerprint density at radius 1 is 0.864 bits per heavy atom. The fraction of sp³-hybridized carbons (Fsp3) is 0.278. The summed E-state index contributed by atoms with van der Waals surface area (Å²) in [6.07, 6.45) is 0. The van der Waals surface area contributed by atoms with Gasteiger partial charge in [-0.15, -0.1) is 0 Å². The van der Waals surface area contributed by atoms with E-state index in [2.05, 4.69) is 4.57 Å². The van der Waals surface area contributed by atoms with Crippen molar-refractivity contribution in [1.29, 1.82) is 0 Å². The van der Waals surface area contributed by atoms with Gasteiger partial charge < -0.3 is 14.0 Å². The van der Waals surface area contributed by atoms with Gasteiger partial charge >= 0.3 is 0 Å². The van der Waals surface area contributed by atoms with Crippen molar-refractivity contribution >= 4 is 21.8 Å². The SMILES string of the molecule is COCCOCCn1c2ccccc2c(=O)c2ccccc21. The van der Waals surface area contributed by atoms with Crippen LogP contribution in [0, 0.1) is 0 Å². The van der Waals surface area contributed by atoms with E-state index in [1.807, 2.05) is 48.5 Å². The van der Waals surface area contributed by atoms with Crippen molar-refractivity contribution in [2.24, 2.45) is 0 Å². The summed E-state index contributed by atoms with van der Waals surface area (Å²) in [5.41, 5.74) is 1.98. The fourth-order valence-corrected chi connectivity index (χ4v) is 2.72. The quantitative estimate of drug-likeness (QED) is 0.519. The molecule has 0 bridgehead atoms. The molecule has 0 radical (unpaired) electrons. The van der Waals surface area contributed by atoms with Crippen LogP contribution in [0.15, 0.2) is 53.3 Å². The standard InChI is InChI=1S/C18H19NO3/c1-21-12-13-22-11-10-19-16-8-4-2-6-14(16)18(20)15-7-3-5-9-17(15)19/h2-9H,10-13H2,1H3. The van der Waals surface area contributed by atoms with Gasteiger partial charge in [-0.25, -0.2) is 0 Å². The lowest BCUT2D eigenvalue weighted by Gasteiger charge is -2.15. The summed E-state index contributed by atoms with van der Waals surface area (Å²) in [6.45, 7) is 2.45. The topological polar surface area (TPSA) is 40.5 Å². The second-order valence-electron chi connectivity index (χ2n) is 5.12. The predicted molar refractivity (Wildman–Crippen MR) is 88.4 cm³/mol. The largest absolute Gasteiger partial charge is 0.382 e. The third kappa shape index (κ3) is 2.75. The third-order valence-electron chi connectivity index (χ3n) is 3.77. The first-order chi connectivity index (χ1) is 10.8. The lowest BCUT2D eigenvalue weighted by Crippen LogP contribution is -2.15. The molecule has 0 aliphatic carbocycles. The molecular weight excluding hydrogens is 278 g/mol. The molecule has 0 fully saturated rings. The average Bonchev–Trinajstić information content (AvgIpc) is 2.57. The van der Waals surface area contributed by atoms with Gasteiger partial charge in [0.25, 0.3) is 0 Å². The molecular formula is C18H19NO3. The first-order valence-electron chi connectivity index (χ1n) is 7.40. The number of aromatic nitrogens is 1. The zero-order valence-corrected chi connectivity index (χ0v) is 12.6. The van der Waals surface area contributed by atoms with Gasteiger partial charge in [0.2, 0.25) is 0 Å². The average molecular weight is 297 g/mol. The molecule has 1 heterocycles. The molecule has 3 aromatic rings. The highest BCUT2D eigenvalue weighted by molar-refractivity contribution is 5.93. The lowest BCUT2D eigenvalue weighted by molar-refractivity contribution is 0.0673. The van der Waals surface area contributed by atoms with E-state index in [-0.39, 0.29) is 5.43 Å². The summed E-state index contributed by atoms with van der Waals surface area (Å²) in [7, 11) is 1.66. The number of fused-ring (bicyclic) bond motifs is 2. The maximum absolute atomic E-state index is 12.6. The van der Waals surface area contributed by atoms with Gasteiger partial charge in [-0.2, -0.15) is 0 Å². The molecule has 0 amide bonds. The van der Waals surface area contributed by atoms with Crippen molar-refractivity contribution in [3.63, 3.8) is 0 Å². The Balaban J connectivity index is 2.05. The van der Waals surface area contributed by atoms with Crippen LogP contribution in [0.5, 0.6) is 0 Å². The maximum Gasteiger partial charge on any atom is 0.197 e. The smallest absolute Gasteiger partial charge is 0.197 e. The van der Waals surface area contributed by atoms with Crippen molar-refractivity contribution in [3.8, 4) is 0 Å². The van der Waals surface area contributed by atoms with E-state index in [4.69, 9.17) is 9.47 Å². The molecule has 0 aliphatic heterocycles. The first kappa shape index (κ1) is 14.8. The number of hydrogen-bond acceptors (Lipinski definition) is 3. The van der Waals surface area contributed by atoms with E-state index in [0.29, 0.717) is 26.4 Å². The van der Waals surface area contributed by atoms with Gasteiger partial charge in [0.15, 0.2) is 5.43 Å². The van der Waals surface area contributed by atoms with Crippen molar-refractivity contribution in [2.75, 3.05) is 26.9 Å². The number of hydrogen-bond donors (Lipinski definition) is 0. The fourth-order valence-electron chi connectivity index (χ4n) is 2.72. The lowest BCUT2D eigenvalue weighted by atomic mass is 10.1. The second kappa shape index (κ2) is 6.73. The van der Waals surface area contributed by atoms with Crippen LogP contribution in [0.3, 0.4) is 0 Å². The minimum absolute atomic E-state index is 0.0859. The number of benzene rings is 2. The third-order valence-corrected chi connectivity index (χ3v) is 3.77. The van der Waals surface area contributed by atoms with Crippen LogP contribution in [0.4, 0.5) is 0 Å². The van der Waals surface area contributed by atoms with Crippen molar-refractivity contribution in [3.05, 3.63) is 58.8 Å². The molecule has 0 aliphatic rings. The number of rotatable bonds is 6. The number of methoxy groups -OCH3 is 1. The molecule has 0 N–H and O–H groups in total. The molecule has 2 aromatic carbocycles. The van der Waals surface area contributed by atoms with Crippen LogP contribution in [0.25, 0.3) is 21.8 Å². The summed E-state index contributed by atoms with van der Waals surface area (Å²) in [5, 5.41) is 1.50. The highest BCUT2D eigenvalue weighted by Crippen LogP contribution is 2.18. The van der Waals surface area contributed by atoms with E-state index in [1.165, 1.54) is 0 Å². The van der Waals surface area contributed by atoms with E-state index in [9.17, 15) is 4.79 Å². The Hall–Kier alpha value is -2.17. The van der Waals surface area contributed by atoms with E-state index >= 15 is 0 Å². The van der Waals surface area contributed by atoms with Crippen LogP contribution in [0.1, 0.15) is 0 Å². The molecule has 0 saturated heterocycles. The minimum Gasteiger partial charge on any atom is -0.382 e. The van der Waals surface area contributed by atoms with Gasteiger partial charge in [0.1, 0.15) is 0 Å². The summed E-state index contributed by atoms with van der Waals surface area (Å²) < 4.78 is 12.7. The van der Waals surface area contributed by atoms with E-state index in [0.717, 1.165) is 21.8 Å². The number of pyridine rings is 1. The van der Waals surface area contributed by atoms with E-state index in [1.54, 1.807) is 7.11 Å². The molecule has 114 valence electrons. The monoisotopic (exact) mass is 297 g/mol. The predicted octanol–water partition coefficient (Wildman–Crippen LogP) is 2.82. The van der Waals surface area contributed by atoms with Crippen molar-refractivity contribution in [2.45, 2.75) is 6.54 Å². The van der Waals surface area contributed by atoms with Gasteiger partial charge in [-0.3, -0.25) is 4.79 Å². The van der Waals surface area contributed by atoms with Crippen LogP contribution < -0.4 is 5.43 Å². The zero-order chi connectivity index (χ0) is 15.4. The summed E-state index contributed by atoms with van der Waals surface area (Å²) in [5.74, 6) is 0. The Morgan fingerprint density at radius 3 is 2.05 bits per heavy atom. The molecule has 1 aromatic heterocycles. The highest BCUT2D eigenvalue weighted by Gasteiger charge is 2.09. The van der Waals surface area contributed by atoms with Crippen molar-refractivity contribution in [1.82, 2.24) is 4.57 Å². The normalized spacial score (nSPS) is 11.3. The summed E-state index contributed by atoms with van der Waals surface area (Å²) in [4.78, 5) is 12.6. The van der Waals surface area contributed by atoms with E-state index < -0.39 is 0 Å². The number of nitrogens with zero attached hydrogens (tertiary/aromatic N) is 1. The molecule has 4 nitrogen and oxygen atoms in total. The Kier molecular flexibility index (Phi) is 4.51. The summed E-state index contributed by atoms with van der Waals surface area (Å²) in [6, 6.07) is 15.4. The number of ether oxygens (including phenoxy) is 2. The van der Waals surface area contributed by atoms with Crippen LogP contribution in [-0.2, 0) is 16.0 Å². The Morgan fingerprint density at radius 2 is 1.45 bits per heavy atom. The molecule has 0 saturated carbocycles. The van der Waals surface area contributed by atoms with Gasteiger partial charge in [0.05, 0.1) is 30.9 Å². The molecule has 0 unspecified atom stereocenters. The molecule has 22 heavy (non-hydrogen) atoms. The molecule has 3 rings (SSSR count). The maximum atomic E-state index is 12.6. The summed E-state index contributed by atoms with van der Waals surface area (Å²) >= 11 is 0. The molecule has 0 atom stereocenters. The highest BCUT2D eigenvalue weighted by atomic mass is 16.5. The first-order valence-corrected chi connectivity index (χ1v) is 7.40. The van der Waals surface area contributed by atoms with Crippen LogP contribution in [-0.4, -0.2) is 31.5 Å². The second-order valence-corrected chi connectivity index (χ2v) is 5.12. The van der Waals surface area contributed by atoms with Crippen LogP contribution in [0.2, 0.25) is 0 Å². The van der Waals surface area contributed by atoms with Gasteiger partial charge in [-0.1, -0.05) is 24.3 Å². The Labute approximate surface area is 128 Å².